The number of aromatic amines is 1. The lowest BCUT2D eigenvalue weighted by Gasteiger charge is -2.13. The van der Waals surface area contributed by atoms with Gasteiger partial charge in [-0.1, -0.05) is 0 Å². The van der Waals surface area contributed by atoms with E-state index in [0.29, 0.717) is 11.3 Å². The largest absolute Gasteiger partial charge is 0.449 e. The molecule has 1 saturated carbocycles. The number of amides is 1. The molecule has 1 atom stereocenters. The highest BCUT2D eigenvalue weighted by atomic mass is 16.5. The summed E-state index contributed by atoms with van der Waals surface area (Å²) in [5.74, 6) is -0.852. The Morgan fingerprint density at radius 3 is 2.50 bits per heavy atom. The molecule has 24 heavy (non-hydrogen) atoms. The number of carbonyl (C=O) groups is 2. The lowest BCUT2D eigenvalue weighted by Crippen LogP contribution is -2.37. The lowest BCUT2D eigenvalue weighted by atomic mass is 10.2. The third-order valence-electron chi connectivity index (χ3n) is 3.90. The normalized spacial score (nSPS) is 14.9. The van der Waals surface area contributed by atoms with Gasteiger partial charge in [0.1, 0.15) is 0 Å². The van der Waals surface area contributed by atoms with Crippen molar-refractivity contribution in [2.45, 2.75) is 38.8 Å². The summed E-state index contributed by atoms with van der Waals surface area (Å²) in [6.45, 7) is 3.35. The van der Waals surface area contributed by atoms with Crippen molar-refractivity contribution >= 4 is 11.9 Å². The Morgan fingerprint density at radius 2 is 1.96 bits per heavy atom. The van der Waals surface area contributed by atoms with Crippen LogP contribution in [0.15, 0.2) is 35.3 Å². The summed E-state index contributed by atoms with van der Waals surface area (Å²) in [6, 6.07) is 6.69. The highest BCUT2D eigenvalue weighted by Crippen LogP contribution is 2.19. The molecule has 1 heterocycles. The molecule has 1 unspecified atom stereocenters. The third-order valence-corrected chi connectivity index (χ3v) is 3.90. The Morgan fingerprint density at radius 1 is 1.29 bits per heavy atom. The van der Waals surface area contributed by atoms with Gasteiger partial charge in [0.15, 0.2) is 6.10 Å². The van der Waals surface area contributed by atoms with Gasteiger partial charge in [-0.15, -0.1) is 0 Å². The standard InChI is InChI=1S/C17H19N3O4/c1-10-9-18-17(23)20(10)14-7-3-12(4-8-14)16(22)24-11(2)15(21)19-13-5-6-13/h3-4,7-9,11,13H,5-6H2,1-2H3,(H,18,23)(H,19,21). The SMILES string of the molecule is Cc1c[nH]c(=O)n1-c1ccc(C(=O)OC(C)C(=O)NC2CC2)cc1. The maximum Gasteiger partial charge on any atom is 0.338 e. The first kappa shape index (κ1) is 16.0. The Bertz CT molecular complexity index is 815. The van der Waals surface area contributed by atoms with Crippen LogP contribution in [0.25, 0.3) is 5.69 Å². The topological polar surface area (TPSA) is 93.2 Å². The monoisotopic (exact) mass is 329 g/mol. The molecule has 1 amide bonds. The molecule has 1 aromatic carbocycles. The predicted molar refractivity (Wildman–Crippen MR) is 87.2 cm³/mol. The molecule has 0 radical (unpaired) electrons. The van der Waals surface area contributed by atoms with Gasteiger partial charge in [0, 0.05) is 17.9 Å². The zero-order chi connectivity index (χ0) is 17.3. The number of nitrogens with one attached hydrogen (secondary N) is 2. The Hall–Kier alpha value is -2.83. The Kier molecular flexibility index (Phi) is 4.24. The number of hydrogen-bond donors (Lipinski definition) is 2. The fourth-order valence-electron chi connectivity index (χ4n) is 2.35. The summed E-state index contributed by atoms with van der Waals surface area (Å²) in [4.78, 5) is 38.3. The third kappa shape index (κ3) is 3.40. The average Bonchev–Trinajstić information content (AvgIpc) is 3.31. The van der Waals surface area contributed by atoms with Gasteiger partial charge >= 0.3 is 11.7 Å². The Labute approximate surface area is 138 Å². The summed E-state index contributed by atoms with van der Waals surface area (Å²) in [6.07, 6.45) is 2.73. The fraction of sp³-hybridized carbons (Fsp3) is 0.353. The van der Waals surface area contributed by atoms with Gasteiger partial charge in [-0.25, -0.2) is 9.59 Å². The van der Waals surface area contributed by atoms with Gasteiger partial charge in [0.05, 0.1) is 11.3 Å². The maximum absolute atomic E-state index is 12.1. The van der Waals surface area contributed by atoms with Gasteiger partial charge in [-0.2, -0.15) is 0 Å². The van der Waals surface area contributed by atoms with Crippen LogP contribution < -0.4 is 11.0 Å². The second-order valence-corrected chi connectivity index (χ2v) is 5.95. The first-order chi connectivity index (χ1) is 11.5. The summed E-state index contributed by atoms with van der Waals surface area (Å²) in [5.41, 5.74) is 1.50. The second-order valence-electron chi connectivity index (χ2n) is 5.95. The van der Waals surface area contributed by atoms with Gasteiger partial charge in [-0.3, -0.25) is 9.36 Å². The van der Waals surface area contributed by atoms with E-state index in [4.69, 9.17) is 4.74 Å². The van der Waals surface area contributed by atoms with Crippen molar-refractivity contribution in [2.24, 2.45) is 0 Å². The highest BCUT2D eigenvalue weighted by molar-refractivity contribution is 5.92. The molecule has 1 aliphatic rings. The number of imidazole rings is 1. The van der Waals surface area contributed by atoms with E-state index in [1.165, 1.54) is 4.57 Å². The smallest absolute Gasteiger partial charge is 0.338 e. The van der Waals surface area contributed by atoms with Crippen LogP contribution in [0, 0.1) is 6.92 Å². The van der Waals surface area contributed by atoms with E-state index in [-0.39, 0.29) is 17.6 Å². The Balaban J connectivity index is 1.67. The van der Waals surface area contributed by atoms with Gasteiger partial charge in [0.25, 0.3) is 5.91 Å². The van der Waals surface area contributed by atoms with Crippen LogP contribution in [0.1, 0.15) is 35.8 Å². The number of carbonyl (C=O) groups excluding carboxylic acids is 2. The van der Waals surface area contributed by atoms with Crippen molar-refractivity contribution in [2.75, 3.05) is 0 Å². The fourth-order valence-corrected chi connectivity index (χ4v) is 2.35. The summed E-state index contributed by atoms with van der Waals surface area (Å²) >= 11 is 0. The van der Waals surface area contributed by atoms with Gasteiger partial charge in [-0.05, 0) is 51.0 Å². The predicted octanol–water partition coefficient (Wildman–Crippen LogP) is 1.30. The number of nitrogens with zero attached hydrogens (tertiary/aromatic N) is 1. The van der Waals surface area contributed by atoms with Crippen molar-refractivity contribution in [1.29, 1.82) is 0 Å². The lowest BCUT2D eigenvalue weighted by molar-refractivity contribution is -0.129. The van der Waals surface area contributed by atoms with Crippen LogP contribution in [-0.4, -0.2) is 33.6 Å². The minimum Gasteiger partial charge on any atom is -0.449 e. The van der Waals surface area contributed by atoms with Gasteiger partial charge in [0.2, 0.25) is 0 Å². The summed E-state index contributed by atoms with van der Waals surface area (Å²) in [5, 5.41) is 2.79. The molecule has 2 N–H and O–H groups in total. The number of ether oxygens (including phenoxy) is 1. The van der Waals surface area contributed by atoms with E-state index in [2.05, 4.69) is 10.3 Å². The van der Waals surface area contributed by atoms with Crippen LogP contribution in [-0.2, 0) is 9.53 Å². The zero-order valence-electron chi connectivity index (χ0n) is 13.5. The van der Waals surface area contributed by atoms with Crippen molar-refractivity contribution in [3.8, 4) is 5.69 Å². The minimum atomic E-state index is -0.840. The molecular formula is C17H19N3O4. The van der Waals surface area contributed by atoms with Crippen molar-refractivity contribution in [3.63, 3.8) is 0 Å². The van der Waals surface area contributed by atoms with Crippen molar-refractivity contribution in [3.05, 3.63) is 52.2 Å². The molecule has 7 heteroatoms. The molecule has 0 bridgehead atoms. The molecule has 1 aliphatic carbocycles. The van der Waals surface area contributed by atoms with Crippen LogP contribution in [0.3, 0.4) is 0 Å². The van der Waals surface area contributed by atoms with E-state index in [0.717, 1.165) is 18.5 Å². The first-order valence-corrected chi connectivity index (χ1v) is 7.84. The molecule has 2 aromatic rings. The van der Waals surface area contributed by atoms with Crippen LogP contribution in [0.5, 0.6) is 0 Å². The number of rotatable bonds is 5. The molecule has 3 rings (SSSR count). The first-order valence-electron chi connectivity index (χ1n) is 7.84. The van der Waals surface area contributed by atoms with Crippen molar-refractivity contribution < 1.29 is 14.3 Å². The summed E-state index contributed by atoms with van der Waals surface area (Å²) in [7, 11) is 0. The number of aromatic nitrogens is 2. The highest BCUT2D eigenvalue weighted by Gasteiger charge is 2.27. The quantitative estimate of drug-likeness (QED) is 0.809. The minimum absolute atomic E-state index is 0.223. The van der Waals surface area contributed by atoms with Gasteiger partial charge < -0.3 is 15.0 Å². The molecule has 0 aliphatic heterocycles. The van der Waals surface area contributed by atoms with Crippen LogP contribution in [0.2, 0.25) is 0 Å². The van der Waals surface area contributed by atoms with E-state index >= 15 is 0 Å². The molecule has 7 nitrogen and oxygen atoms in total. The number of hydrogen-bond acceptors (Lipinski definition) is 4. The molecule has 0 spiro atoms. The molecule has 1 aromatic heterocycles. The molecule has 126 valence electrons. The number of aryl methyl sites for hydroxylation is 1. The summed E-state index contributed by atoms with van der Waals surface area (Å²) < 4.78 is 6.68. The molecular weight excluding hydrogens is 310 g/mol. The van der Waals surface area contributed by atoms with E-state index in [1.54, 1.807) is 44.3 Å². The number of esters is 1. The number of benzene rings is 1. The maximum atomic E-state index is 12.1. The van der Waals surface area contributed by atoms with Crippen molar-refractivity contribution in [1.82, 2.24) is 14.9 Å². The van der Waals surface area contributed by atoms with Crippen LogP contribution in [0.4, 0.5) is 0 Å². The molecule has 1 fully saturated rings. The van der Waals surface area contributed by atoms with E-state index in [9.17, 15) is 14.4 Å². The average molecular weight is 329 g/mol. The zero-order valence-corrected chi connectivity index (χ0v) is 13.5. The number of H-pyrrole nitrogens is 1. The second kappa shape index (κ2) is 6.35. The van der Waals surface area contributed by atoms with E-state index < -0.39 is 12.1 Å². The van der Waals surface area contributed by atoms with Crippen LogP contribution >= 0.6 is 0 Å². The van der Waals surface area contributed by atoms with E-state index in [1.807, 2.05) is 0 Å². The molecule has 0 saturated heterocycles.